The van der Waals surface area contributed by atoms with E-state index in [4.69, 9.17) is 4.74 Å². The first-order valence-electron chi connectivity index (χ1n) is 5.76. The van der Waals surface area contributed by atoms with Gasteiger partial charge in [-0.2, -0.15) is 0 Å². The Balaban J connectivity index is 3.96. The van der Waals surface area contributed by atoms with Crippen molar-refractivity contribution in [1.29, 1.82) is 0 Å². The predicted octanol–water partition coefficient (Wildman–Crippen LogP) is 2.68. The van der Waals surface area contributed by atoms with Crippen LogP contribution >= 0.6 is 0 Å². The zero-order valence-corrected chi connectivity index (χ0v) is 10.5. The van der Waals surface area contributed by atoms with Gasteiger partial charge in [0.1, 0.15) is 0 Å². The van der Waals surface area contributed by atoms with Crippen LogP contribution in [0.25, 0.3) is 0 Å². The molecule has 0 aromatic heterocycles. The Kier molecular flexibility index (Phi) is 7.20. The van der Waals surface area contributed by atoms with Crippen molar-refractivity contribution in [3.05, 3.63) is 0 Å². The third-order valence-corrected chi connectivity index (χ3v) is 3.23. The summed E-state index contributed by atoms with van der Waals surface area (Å²) in [5.74, 6) is 0.696. The van der Waals surface area contributed by atoms with E-state index < -0.39 is 0 Å². The summed E-state index contributed by atoms with van der Waals surface area (Å²) in [6.45, 7) is 12.2. The first-order valence-corrected chi connectivity index (χ1v) is 5.76. The molecule has 14 heavy (non-hydrogen) atoms. The van der Waals surface area contributed by atoms with Crippen LogP contribution in [0.4, 0.5) is 0 Å². The van der Waals surface area contributed by atoms with E-state index in [1.54, 1.807) is 7.11 Å². The lowest BCUT2D eigenvalue weighted by Gasteiger charge is -2.34. The molecular formula is C12H27NO. The molecule has 1 unspecified atom stereocenters. The third-order valence-electron chi connectivity index (χ3n) is 3.23. The lowest BCUT2D eigenvalue weighted by atomic mass is 9.76. The fourth-order valence-electron chi connectivity index (χ4n) is 1.47. The molecule has 0 radical (unpaired) electrons. The highest BCUT2D eigenvalue weighted by Crippen LogP contribution is 2.30. The van der Waals surface area contributed by atoms with Gasteiger partial charge in [-0.15, -0.1) is 0 Å². The average molecular weight is 201 g/mol. The molecule has 0 aliphatic carbocycles. The first-order chi connectivity index (χ1) is 6.56. The molecule has 0 spiro atoms. The molecule has 1 atom stereocenters. The Morgan fingerprint density at radius 1 is 1.36 bits per heavy atom. The molecule has 0 saturated carbocycles. The van der Waals surface area contributed by atoms with Crippen LogP contribution in [0.15, 0.2) is 0 Å². The van der Waals surface area contributed by atoms with Gasteiger partial charge in [0, 0.05) is 20.3 Å². The van der Waals surface area contributed by atoms with E-state index in [-0.39, 0.29) is 0 Å². The fraction of sp³-hybridized carbons (Fsp3) is 1.00. The molecule has 0 aliphatic heterocycles. The van der Waals surface area contributed by atoms with Crippen molar-refractivity contribution in [3.8, 4) is 0 Å². The fourth-order valence-corrected chi connectivity index (χ4v) is 1.47. The van der Waals surface area contributed by atoms with Crippen LogP contribution in [0.1, 0.15) is 40.5 Å². The van der Waals surface area contributed by atoms with Crippen LogP contribution in [0.5, 0.6) is 0 Å². The van der Waals surface area contributed by atoms with Gasteiger partial charge in [0.2, 0.25) is 0 Å². The van der Waals surface area contributed by atoms with E-state index in [1.807, 2.05) is 0 Å². The van der Waals surface area contributed by atoms with Gasteiger partial charge in [-0.3, -0.25) is 0 Å². The quantitative estimate of drug-likeness (QED) is 0.610. The van der Waals surface area contributed by atoms with Gasteiger partial charge in [0.05, 0.1) is 0 Å². The van der Waals surface area contributed by atoms with Crippen molar-refractivity contribution in [2.24, 2.45) is 11.3 Å². The van der Waals surface area contributed by atoms with Crippen LogP contribution in [0, 0.1) is 11.3 Å². The second-order valence-corrected chi connectivity index (χ2v) is 4.73. The Morgan fingerprint density at radius 2 is 2.00 bits per heavy atom. The molecule has 1 N–H and O–H groups in total. The molecule has 0 aromatic rings. The molecule has 0 saturated heterocycles. The summed E-state index contributed by atoms with van der Waals surface area (Å²) < 4.78 is 5.17. The van der Waals surface area contributed by atoms with Gasteiger partial charge in [0.15, 0.2) is 0 Å². The summed E-state index contributed by atoms with van der Waals surface area (Å²) >= 11 is 0. The third kappa shape index (κ3) is 4.97. The number of methoxy groups -OCH3 is 1. The maximum absolute atomic E-state index is 5.17. The molecule has 0 amide bonds. The molecule has 2 heteroatoms. The summed E-state index contributed by atoms with van der Waals surface area (Å²) in [4.78, 5) is 0. The molecule has 0 rings (SSSR count). The molecule has 0 aromatic carbocycles. The van der Waals surface area contributed by atoms with E-state index in [9.17, 15) is 0 Å². The maximum atomic E-state index is 5.17. The highest BCUT2D eigenvalue weighted by Gasteiger charge is 2.27. The maximum Gasteiger partial charge on any atom is 0.0468 e. The van der Waals surface area contributed by atoms with Crippen molar-refractivity contribution in [1.82, 2.24) is 5.32 Å². The van der Waals surface area contributed by atoms with Gasteiger partial charge in [-0.05, 0) is 30.7 Å². The molecule has 2 nitrogen and oxygen atoms in total. The molecule has 0 heterocycles. The van der Waals surface area contributed by atoms with E-state index >= 15 is 0 Å². The van der Waals surface area contributed by atoms with E-state index in [0.717, 1.165) is 26.1 Å². The predicted molar refractivity (Wildman–Crippen MR) is 62.6 cm³/mol. The molecule has 0 bridgehead atoms. The number of hydrogen-bond donors (Lipinski definition) is 1. The monoisotopic (exact) mass is 201 g/mol. The van der Waals surface area contributed by atoms with E-state index in [2.05, 4.69) is 33.0 Å². The van der Waals surface area contributed by atoms with Crippen LogP contribution in [0.2, 0.25) is 0 Å². The van der Waals surface area contributed by atoms with Crippen molar-refractivity contribution in [3.63, 3.8) is 0 Å². The lowest BCUT2D eigenvalue weighted by molar-refractivity contribution is 0.111. The topological polar surface area (TPSA) is 21.3 Å². The SMILES string of the molecule is CCCNCC(C)(CCOC)C(C)C. The van der Waals surface area contributed by atoms with Crippen molar-refractivity contribution in [2.45, 2.75) is 40.5 Å². The zero-order chi connectivity index (χ0) is 11.0. The van der Waals surface area contributed by atoms with Gasteiger partial charge in [-0.1, -0.05) is 27.7 Å². The molecule has 0 aliphatic rings. The number of ether oxygens (including phenoxy) is 1. The highest BCUT2D eigenvalue weighted by molar-refractivity contribution is 4.79. The normalized spacial score (nSPS) is 15.9. The summed E-state index contributed by atoms with van der Waals surface area (Å²) in [6.07, 6.45) is 2.34. The molecule has 0 fully saturated rings. The van der Waals surface area contributed by atoms with E-state index in [1.165, 1.54) is 6.42 Å². The van der Waals surface area contributed by atoms with E-state index in [0.29, 0.717) is 11.3 Å². The second-order valence-electron chi connectivity index (χ2n) is 4.73. The zero-order valence-electron chi connectivity index (χ0n) is 10.5. The smallest absolute Gasteiger partial charge is 0.0468 e. The Morgan fingerprint density at radius 3 is 2.43 bits per heavy atom. The van der Waals surface area contributed by atoms with Gasteiger partial charge < -0.3 is 10.1 Å². The standard InChI is InChI=1S/C12H27NO/c1-6-8-13-10-12(4,11(2)3)7-9-14-5/h11,13H,6-10H2,1-5H3. The number of nitrogens with one attached hydrogen (secondary N) is 1. The Labute approximate surface area is 89.4 Å². The Hall–Kier alpha value is -0.0800. The minimum atomic E-state index is 0.366. The van der Waals surface area contributed by atoms with Gasteiger partial charge >= 0.3 is 0 Å². The van der Waals surface area contributed by atoms with Crippen molar-refractivity contribution >= 4 is 0 Å². The van der Waals surface area contributed by atoms with Crippen molar-refractivity contribution in [2.75, 3.05) is 26.8 Å². The first kappa shape index (κ1) is 13.9. The molecule has 86 valence electrons. The summed E-state index contributed by atoms with van der Waals surface area (Å²) in [6, 6.07) is 0. The van der Waals surface area contributed by atoms with Gasteiger partial charge in [-0.25, -0.2) is 0 Å². The largest absolute Gasteiger partial charge is 0.385 e. The van der Waals surface area contributed by atoms with Crippen LogP contribution in [0.3, 0.4) is 0 Å². The van der Waals surface area contributed by atoms with Crippen molar-refractivity contribution < 1.29 is 4.74 Å². The lowest BCUT2D eigenvalue weighted by Crippen LogP contribution is -2.37. The van der Waals surface area contributed by atoms with Crippen LogP contribution in [-0.4, -0.2) is 26.8 Å². The Bertz CT molecular complexity index is 136. The summed E-state index contributed by atoms with van der Waals surface area (Å²) in [5.41, 5.74) is 0.366. The number of rotatable bonds is 8. The van der Waals surface area contributed by atoms with Crippen LogP contribution < -0.4 is 5.32 Å². The minimum absolute atomic E-state index is 0.366. The highest BCUT2D eigenvalue weighted by atomic mass is 16.5. The van der Waals surface area contributed by atoms with Gasteiger partial charge in [0.25, 0.3) is 0 Å². The second kappa shape index (κ2) is 7.24. The average Bonchev–Trinajstić information content (AvgIpc) is 2.15. The van der Waals surface area contributed by atoms with Crippen LogP contribution in [-0.2, 0) is 4.74 Å². The summed E-state index contributed by atoms with van der Waals surface area (Å²) in [7, 11) is 1.78. The minimum Gasteiger partial charge on any atom is -0.385 e. The number of hydrogen-bond acceptors (Lipinski definition) is 2. The molecular weight excluding hydrogens is 174 g/mol. The summed E-state index contributed by atoms with van der Waals surface area (Å²) in [5, 5.41) is 3.51.